The smallest absolute Gasteiger partial charge is 0.00414 e. The highest BCUT2D eigenvalue weighted by molar-refractivity contribution is 4.82. The van der Waals surface area contributed by atoms with Gasteiger partial charge in [0.25, 0.3) is 0 Å². The first-order valence-corrected chi connectivity index (χ1v) is 6.49. The van der Waals surface area contributed by atoms with Crippen molar-refractivity contribution in [2.45, 2.75) is 58.4 Å². The largest absolute Gasteiger partial charge is 0.314 e. The SMILES string of the molecule is CC1CCC(C2CCNC(C)C2)CC1. The third kappa shape index (κ3) is 2.50. The average molecular weight is 195 g/mol. The highest BCUT2D eigenvalue weighted by Gasteiger charge is 2.28. The van der Waals surface area contributed by atoms with Gasteiger partial charge < -0.3 is 5.32 Å². The van der Waals surface area contributed by atoms with E-state index in [9.17, 15) is 0 Å². The summed E-state index contributed by atoms with van der Waals surface area (Å²) in [6, 6.07) is 0.771. The summed E-state index contributed by atoms with van der Waals surface area (Å²) in [5.41, 5.74) is 0. The van der Waals surface area contributed by atoms with E-state index >= 15 is 0 Å². The van der Waals surface area contributed by atoms with Gasteiger partial charge in [0.05, 0.1) is 0 Å². The van der Waals surface area contributed by atoms with Crippen LogP contribution in [0, 0.1) is 17.8 Å². The summed E-state index contributed by atoms with van der Waals surface area (Å²) < 4.78 is 0. The van der Waals surface area contributed by atoms with Crippen LogP contribution in [-0.2, 0) is 0 Å². The topological polar surface area (TPSA) is 12.0 Å². The number of rotatable bonds is 1. The summed E-state index contributed by atoms with van der Waals surface area (Å²) in [7, 11) is 0. The van der Waals surface area contributed by atoms with Crippen molar-refractivity contribution in [1.82, 2.24) is 5.32 Å². The monoisotopic (exact) mass is 195 g/mol. The van der Waals surface area contributed by atoms with Crippen molar-refractivity contribution in [1.29, 1.82) is 0 Å². The van der Waals surface area contributed by atoms with Crippen molar-refractivity contribution < 1.29 is 0 Å². The van der Waals surface area contributed by atoms with Gasteiger partial charge in [-0.25, -0.2) is 0 Å². The minimum Gasteiger partial charge on any atom is -0.314 e. The fourth-order valence-corrected chi connectivity index (χ4v) is 3.36. The third-order valence-corrected chi connectivity index (χ3v) is 4.39. The van der Waals surface area contributed by atoms with Crippen molar-refractivity contribution in [2.75, 3.05) is 6.54 Å². The molecule has 0 aromatic rings. The molecule has 0 radical (unpaired) electrons. The van der Waals surface area contributed by atoms with E-state index in [2.05, 4.69) is 19.2 Å². The lowest BCUT2D eigenvalue weighted by molar-refractivity contribution is 0.162. The predicted octanol–water partition coefficient (Wildman–Crippen LogP) is 3.20. The van der Waals surface area contributed by atoms with Gasteiger partial charge in [-0.15, -0.1) is 0 Å². The highest BCUT2D eigenvalue weighted by Crippen LogP contribution is 2.37. The van der Waals surface area contributed by atoms with Gasteiger partial charge >= 0.3 is 0 Å². The van der Waals surface area contributed by atoms with Crippen LogP contribution in [-0.4, -0.2) is 12.6 Å². The molecule has 2 rings (SSSR count). The maximum atomic E-state index is 3.56. The molecule has 14 heavy (non-hydrogen) atoms. The summed E-state index contributed by atoms with van der Waals surface area (Å²) >= 11 is 0. The first kappa shape index (κ1) is 10.5. The minimum absolute atomic E-state index is 0.771. The van der Waals surface area contributed by atoms with Crippen LogP contribution >= 0.6 is 0 Å². The summed E-state index contributed by atoms with van der Waals surface area (Å²) in [6.45, 7) is 6.02. The zero-order valence-electron chi connectivity index (χ0n) is 9.76. The summed E-state index contributed by atoms with van der Waals surface area (Å²) in [5.74, 6) is 3.11. The van der Waals surface area contributed by atoms with Gasteiger partial charge in [0, 0.05) is 6.04 Å². The lowest BCUT2D eigenvalue weighted by atomic mass is 9.72. The summed E-state index contributed by atoms with van der Waals surface area (Å²) in [4.78, 5) is 0. The maximum Gasteiger partial charge on any atom is 0.00414 e. The molecule has 82 valence electrons. The summed E-state index contributed by atoms with van der Waals surface area (Å²) in [6.07, 6.45) is 8.87. The molecule has 1 nitrogen and oxygen atoms in total. The second kappa shape index (κ2) is 4.65. The van der Waals surface area contributed by atoms with Crippen molar-refractivity contribution in [3.63, 3.8) is 0 Å². The van der Waals surface area contributed by atoms with Gasteiger partial charge in [-0.2, -0.15) is 0 Å². The number of hydrogen-bond acceptors (Lipinski definition) is 1. The van der Waals surface area contributed by atoms with Gasteiger partial charge in [0.1, 0.15) is 0 Å². The molecular formula is C13H25N. The molecule has 1 aliphatic heterocycles. The van der Waals surface area contributed by atoms with E-state index in [0.29, 0.717) is 0 Å². The Morgan fingerprint density at radius 2 is 1.57 bits per heavy atom. The fraction of sp³-hybridized carbons (Fsp3) is 1.00. The molecular weight excluding hydrogens is 170 g/mol. The molecule has 0 bridgehead atoms. The van der Waals surface area contributed by atoms with Crippen LogP contribution in [0.3, 0.4) is 0 Å². The van der Waals surface area contributed by atoms with Crippen molar-refractivity contribution >= 4 is 0 Å². The Bertz CT molecular complexity index is 170. The Labute approximate surface area is 88.7 Å². The van der Waals surface area contributed by atoms with Crippen LogP contribution in [0.15, 0.2) is 0 Å². The molecule has 0 aromatic heterocycles. The Balaban J connectivity index is 1.82. The second-order valence-electron chi connectivity index (χ2n) is 5.66. The molecule has 1 heterocycles. The second-order valence-corrected chi connectivity index (χ2v) is 5.66. The lowest BCUT2D eigenvalue weighted by Crippen LogP contribution is -2.39. The van der Waals surface area contributed by atoms with Crippen LogP contribution in [0.25, 0.3) is 0 Å². The van der Waals surface area contributed by atoms with E-state index in [0.717, 1.165) is 23.8 Å². The number of piperidine rings is 1. The molecule has 1 heteroatoms. The van der Waals surface area contributed by atoms with E-state index in [-0.39, 0.29) is 0 Å². The van der Waals surface area contributed by atoms with E-state index in [4.69, 9.17) is 0 Å². The minimum atomic E-state index is 0.771. The zero-order chi connectivity index (χ0) is 9.97. The van der Waals surface area contributed by atoms with Gasteiger partial charge in [-0.05, 0) is 56.9 Å². The van der Waals surface area contributed by atoms with Crippen LogP contribution in [0.2, 0.25) is 0 Å². The highest BCUT2D eigenvalue weighted by atomic mass is 14.9. The molecule has 1 saturated heterocycles. The Morgan fingerprint density at radius 3 is 2.21 bits per heavy atom. The first-order valence-electron chi connectivity index (χ1n) is 6.49. The van der Waals surface area contributed by atoms with Gasteiger partial charge in [-0.1, -0.05) is 19.8 Å². The van der Waals surface area contributed by atoms with Crippen LogP contribution < -0.4 is 5.32 Å². The molecule has 0 spiro atoms. The van der Waals surface area contributed by atoms with Crippen molar-refractivity contribution in [3.8, 4) is 0 Å². The van der Waals surface area contributed by atoms with E-state index in [1.54, 1.807) is 0 Å². The Morgan fingerprint density at radius 1 is 0.857 bits per heavy atom. The van der Waals surface area contributed by atoms with Crippen molar-refractivity contribution in [2.24, 2.45) is 17.8 Å². The zero-order valence-corrected chi connectivity index (χ0v) is 9.76. The van der Waals surface area contributed by atoms with E-state index < -0.39 is 0 Å². The molecule has 2 unspecified atom stereocenters. The normalized spacial score (nSPS) is 45.0. The lowest BCUT2D eigenvalue weighted by Gasteiger charge is -2.37. The molecule has 1 aliphatic carbocycles. The Kier molecular flexibility index (Phi) is 3.48. The molecule has 0 amide bonds. The molecule has 2 aliphatic rings. The standard InChI is InChI=1S/C13H25N/c1-10-3-5-12(6-4-10)13-7-8-14-11(2)9-13/h10-14H,3-9H2,1-2H3. The van der Waals surface area contributed by atoms with Crippen LogP contribution in [0.1, 0.15) is 52.4 Å². The summed E-state index contributed by atoms with van der Waals surface area (Å²) in [5, 5.41) is 3.56. The van der Waals surface area contributed by atoms with Crippen LogP contribution in [0.4, 0.5) is 0 Å². The Hall–Kier alpha value is -0.0400. The average Bonchev–Trinajstić information content (AvgIpc) is 2.19. The van der Waals surface area contributed by atoms with Gasteiger partial charge in [0.15, 0.2) is 0 Å². The third-order valence-electron chi connectivity index (χ3n) is 4.39. The number of nitrogens with one attached hydrogen (secondary N) is 1. The number of hydrogen-bond donors (Lipinski definition) is 1. The maximum absolute atomic E-state index is 3.56. The quantitative estimate of drug-likeness (QED) is 0.677. The van der Waals surface area contributed by atoms with Crippen molar-refractivity contribution in [3.05, 3.63) is 0 Å². The molecule has 1 saturated carbocycles. The van der Waals surface area contributed by atoms with E-state index in [1.807, 2.05) is 0 Å². The van der Waals surface area contributed by atoms with Crippen LogP contribution in [0.5, 0.6) is 0 Å². The fourth-order valence-electron chi connectivity index (χ4n) is 3.36. The van der Waals surface area contributed by atoms with Gasteiger partial charge in [0.2, 0.25) is 0 Å². The predicted molar refractivity (Wildman–Crippen MR) is 61.3 cm³/mol. The van der Waals surface area contributed by atoms with Gasteiger partial charge in [-0.3, -0.25) is 0 Å². The van der Waals surface area contributed by atoms with E-state index in [1.165, 1.54) is 45.1 Å². The molecule has 1 N–H and O–H groups in total. The first-order chi connectivity index (χ1) is 6.75. The molecule has 2 atom stereocenters. The molecule has 0 aromatic carbocycles. The molecule has 2 fully saturated rings.